The van der Waals surface area contributed by atoms with Gasteiger partial charge in [-0.1, -0.05) is 29.8 Å². The highest BCUT2D eigenvalue weighted by Gasteiger charge is 2.17. The fraction of sp³-hybridized carbons (Fsp3) is 0.462. The molecule has 1 aromatic carbocycles. The van der Waals surface area contributed by atoms with Crippen LogP contribution < -0.4 is 5.32 Å². The molecule has 20 heavy (non-hydrogen) atoms. The molecule has 0 fully saturated rings. The van der Waals surface area contributed by atoms with Gasteiger partial charge in [-0.3, -0.25) is 0 Å². The molecule has 2 rings (SSSR count). The Morgan fingerprint density at radius 3 is 2.70 bits per heavy atom. The van der Waals surface area contributed by atoms with Crippen LogP contribution in [0.4, 0.5) is 0 Å². The molecular formula is C13H17Br2N5. The van der Waals surface area contributed by atoms with Gasteiger partial charge in [0.15, 0.2) is 5.82 Å². The van der Waals surface area contributed by atoms with E-state index >= 15 is 0 Å². The number of nitrogens with zero attached hydrogens (tertiary/aromatic N) is 4. The van der Waals surface area contributed by atoms with Crippen molar-refractivity contribution in [2.24, 2.45) is 5.92 Å². The highest BCUT2D eigenvalue weighted by molar-refractivity contribution is 9.11. The molecule has 0 aliphatic rings. The van der Waals surface area contributed by atoms with E-state index in [0.717, 1.165) is 27.0 Å². The molecule has 1 atom stereocenters. The van der Waals surface area contributed by atoms with Crippen molar-refractivity contribution in [2.45, 2.75) is 26.8 Å². The van der Waals surface area contributed by atoms with Crippen LogP contribution in [-0.2, 0) is 0 Å². The van der Waals surface area contributed by atoms with Crippen molar-refractivity contribution in [1.82, 2.24) is 25.5 Å². The number of benzene rings is 1. The maximum Gasteiger partial charge on any atom is 0.173 e. The minimum atomic E-state index is 0.0817. The van der Waals surface area contributed by atoms with Gasteiger partial charge in [-0.15, -0.1) is 5.10 Å². The van der Waals surface area contributed by atoms with Crippen LogP contribution in [0.1, 0.15) is 32.6 Å². The average molecular weight is 403 g/mol. The lowest BCUT2D eigenvalue weighted by molar-refractivity contribution is 0.475. The summed E-state index contributed by atoms with van der Waals surface area (Å²) in [4.78, 5) is 0. The smallest absolute Gasteiger partial charge is 0.173 e. The topological polar surface area (TPSA) is 55.6 Å². The second-order valence-electron chi connectivity index (χ2n) is 5.07. The third-order valence-electron chi connectivity index (χ3n) is 2.85. The molecule has 0 saturated heterocycles. The Kier molecular flexibility index (Phi) is 5.29. The van der Waals surface area contributed by atoms with E-state index in [1.165, 1.54) is 0 Å². The summed E-state index contributed by atoms with van der Waals surface area (Å²) in [5, 5.41) is 15.5. The molecule has 0 bridgehead atoms. The largest absolute Gasteiger partial charge is 0.307 e. The second kappa shape index (κ2) is 6.78. The van der Waals surface area contributed by atoms with E-state index in [1.54, 1.807) is 4.68 Å². The Morgan fingerprint density at radius 2 is 2.00 bits per heavy atom. The number of rotatable bonds is 5. The van der Waals surface area contributed by atoms with E-state index in [2.05, 4.69) is 73.5 Å². The Balaban J connectivity index is 2.30. The van der Waals surface area contributed by atoms with E-state index in [9.17, 15) is 0 Å². The molecule has 0 radical (unpaired) electrons. The first-order chi connectivity index (χ1) is 9.49. The maximum absolute atomic E-state index is 4.14. The fourth-order valence-electron chi connectivity index (χ4n) is 1.79. The summed E-state index contributed by atoms with van der Waals surface area (Å²) in [6, 6.07) is 6.01. The molecule has 2 aromatic rings. The zero-order valence-corrected chi connectivity index (χ0v) is 14.8. The fourth-order valence-corrected chi connectivity index (χ4v) is 2.55. The molecule has 0 aliphatic heterocycles. The molecule has 1 aromatic heterocycles. The van der Waals surface area contributed by atoms with Gasteiger partial charge in [0.2, 0.25) is 0 Å². The standard InChI is InChI=1S/C13H17Br2N5/c1-8(2)7-16-9(3)13-17-18-19-20(13)12-6-10(14)4-5-11(12)15/h4-6,8-9,16H,7H2,1-3H3. The summed E-state index contributed by atoms with van der Waals surface area (Å²) in [6.45, 7) is 7.34. The Morgan fingerprint density at radius 1 is 1.25 bits per heavy atom. The highest BCUT2D eigenvalue weighted by Crippen LogP contribution is 2.26. The van der Waals surface area contributed by atoms with Gasteiger partial charge in [-0.2, -0.15) is 4.68 Å². The van der Waals surface area contributed by atoms with Crippen molar-refractivity contribution < 1.29 is 0 Å². The van der Waals surface area contributed by atoms with Gasteiger partial charge in [-0.25, -0.2) is 0 Å². The van der Waals surface area contributed by atoms with E-state index in [1.807, 2.05) is 18.2 Å². The maximum atomic E-state index is 4.14. The van der Waals surface area contributed by atoms with Gasteiger partial charge < -0.3 is 5.32 Å². The minimum Gasteiger partial charge on any atom is -0.307 e. The molecule has 5 nitrogen and oxygen atoms in total. The molecule has 1 N–H and O–H groups in total. The summed E-state index contributed by atoms with van der Waals surface area (Å²) in [5.41, 5.74) is 0.914. The van der Waals surface area contributed by atoms with Crippen LogP contribution >= 0.6 is 31.9 Å². The second-order valence-corrected chi connectivity index (χ2v) is 6.84. The molecule has 1 heterocycles. The zero-order chi connectivity index (χ0) is 14.7. The molecule has 0 saturated carbocycles. The number of hydrogen-bond acceptors (Lipinski definition) is 4. The molecule has 0 amide bonds. The lowest BCUT2D eigenvalue weighted by Crippen LogP contribution is -2.25. The van der Waals surface area contributed by atoms with Crippen molar-refractivity contribution in [1.29, 1.82) is 0 Å². The third kappa shape index (κ3) is 3.65. The van der Waals surface area contributed by atoms with Gasteiger partial charge >= 0.3 is 0 Å². The van der Waals surface area contributed by atoms with Crippen LogP contribution in [0.5, 0.6) is 0 Å². The Hall–Kier alpha value is -0.790. The third-order valence-corrected chi connectivity index (χ3v) is 4.01. The van der Waals surface area contributed by atoms with Crippen LogP contribution in [0, 0.1) is 5.92 Å². The quantitative estimate of drug-likeness (QED) is 0.831. The first kappa shape index (κ1) is 15.6. The molecule has 7 heteroatoms. The van der Waals surface area contributed by atoms with E-state index in [4.69, 9.17) is 0 Å². The zero-order valence-electron chi connectivity index (χ0n) is 11.6. The summed E-state index contributed by atoms with van der Waals surface area (Å²) in [6.07, 6.45) is 0. The van der Waals surface area contributed by atoms with Crippen molar-refractivity contribution in [2.75, 3.05) is 6.54 Å². The number of aromatic nitrogens is 4. The average Bonchev–Trinajstić information content (AvgIpc) is 2.88. The minimum absolute atomic E-state index is 0.0817. The summed E-state index contributed by atoms with van der Waals surface area (Å²) in [5.74, 6) is 1.38. The highest BCUT2D eigenvalue weighted by atomic mass is 79.9. The van der Waals surface area contributed by atoms with Crippen molar-refractivity contribution in [3.63, 3.8) is 0 Å². The van der Waals surface area contributed by atoms with Crippen LogP contribution in [0.25, 0.3) is 5.69 Å². The monoisotopic (exact) mass is 401 g/mol. The van der Waals surface area contributed by atoms with Crippen LogP contribution in [-0.4, -0.2) is 26.8 Å². The normalized spacial score (nSPS) is 12.9. The van der Waals surface area contributed by atoms with Crippen molar-refractivity contribution >= 4 is 31.9 Å². The molecule has 0 aliphatic carbocycles. The summed E-state index contributed by atoms with van der Waals surface area (Å²) >= 11 is 7.01. The summed E-state index contributed by atoms with van der Waals surface area (Å²) < 4.78 is 3.69. The van der Waals surface area contributed by atoms with E-state index in [0.29, 0.717) is 5.92 Å². The molecule has 108 valence electrons. The first-order valence-corrected chi connectivity index (χ1v) is 8.04. The number of halogens is 2. The van der Waals surface area contributed by atoms with Crippen molar-refractivity contribution in [3.05, 3.63) is 33.0 Å². The SMILES string of the molecule is CC(C)CNC(C)c1nnnn1-c1cc(Br)ccc1Br. The molecule has 0 spiro atoms. The predicted molar refractivity (Wildman–Crippen MR) is 85.8 cm³/mol. The van der Waals surface area contributed by atoms with Crippen molar-refractivity contribution in [3.8, 4) is 5.69 Å². The number of nitrogens with one attached hydrogen (secondary N) is 1. The number of tetrazole rings is 1. The van der Waals surface area contributed by atoms with Gasteiger partial charge in [0.05, 0.1) is 11.7 Å². The van der Waals surface area contributed by atoms with Crippen LogP contribution in [0.3, 0.4) is 0 Å². The lowest BCUT2D eigenvalue weighted by Gasteiger charge is -2.15. The van der Waals surface area contributed by atoms with Gasteiger partial charge in [0, 0.05) is 8.95 Å². The van der Waals surface area contributed by atoms with E-state index < -0.39 is 0 Å². The number of hydrogen-bond donors (Lipinski definition) is 1. The van der Waals surface area contributed by atoms with Crippen LogP contribution in [0.15, 0.2) is 27.1 Å². The van der Waals surface area contributed by atoms with E-state index in [-0.39, 0.29) is 6.04 Å². The van der Waals surface area contributed by atoms with Gasteiger partial charge in [-0.05, 0) is 63.9 Å². The molecule has 1 unspecified atom stereocenters. The summed E-state index contributed by atoms with van der Waals surface area (Å²) in [7, 11) is 0. The van der Waals surface area contributed by atoms with Gasteiger partial charge in [0.25, 0.3) is 0 Å². The Bertz CT molecular complexity index is 582. The van der Waals surface area contributed by atoms with Gasteiger partial charge in [0.1, 0.15) is 0 Å². The lowest BCUT2D eigenvalue weighted by atomic mass is 10.2. The first-order valence-electron chi connectivity index (χ1n) is 6.46. The predicted octanol–water partition coefficient (Wildman–Crippen LogP) is 3.49. The Labute approximate surface area is 135 Å². The molecular weight excluding hydrogens is 386 g/mol. The van der Waals surface area contributed by atoms with Crippen LogP contribution in [0.2, 0.25) is 0 Å².